The molecule has 0 amide bonds. The number of nitrogens with one attached hydrogen (secondary N) is 2. The molecule has 0 bridgehead atoms. The van der Waals surface area contributed by atoms with Gasteiger partial charge >= 0.3 is 0 Å². The molecule has 0 radical (unpaired) electrons. The molecule has 0 aromatic carbocycles. The van der Waals surface area contributed by atoms with Crippen LogP contribution in [0.3, 0.4) is 0 Å². The Bertz CT molecular complexity index is 190. The van der Waals surface area contributed by atoms with Gasteiger partial charge in [-0.3, -0.25) is 5.26 Å². The van der Waals surface area contributed by atoms with Crippen molar-refractivity contribution in [3.63, 3.8) is 0 Å². The minimum absolute atomic E-state index is 0.427. The van der Waals surface area contributed by atoms with E-state index in [9.17, 15) is 0 Å². The van der Waals surface area contributed by atoms with Crippen molar-refractivity contribution < 1.29 is 10.1 Å². The molecule has 0 aromatic rings. The fraction of sp³-hybridized carbons (Fsp3) is 0.900. The van der Waals surface area contributed by atoms with Crippen molar-refractivity contribution in [2.45, 2.75) is 31.7 Å². The zero-order valence-corrected chi connectivity index (χ0v) is 9.81. The number of unbranched alkanes of at least 4 members (excludes halogenated alkanes) is 1. The standard InChI is InChI=1S/C10H20N2O2S/c13-14-8-2-1-5-11-6-3-9-10(15)4-7-12-9/h9,11-13H,1-8H2. The lowest BCUT2D eigenvalue weighted by molar-refractivity contribution is -0.242. The van der Waals surface area contributed by atoms with E-state index in [1.165, 1.54) is 4.86 Å². The Hall–Kier alpha value is -0.0700. The predicted molar refractivity (Wildman–Crippen MR) is 64.3 cm³/mol. The molecular formula is C10H20N2O2S. The average molecular weight is 232 g/mol. The van der Waals surface area contributed by atoms with E-state index in [4.69, 9.17) is 17.5 Å². The molecule has 1 unspecified atom stereocenters. The van der Waals surface area contributed by atoms with E-state index in [1.807, 2.05) is 0 Å². The largest absolute Gasteiger partial charge is 0.317 e. The van der Waals surface area contributed by atoms with Crippen LogP contribution in [0.1, 0.15) is 25.7 Å². The van der Waals surface area contributed by atoms with Crippen molar-refractivity contribution in [3.8, 4) is 0 Å². The van der Waals surface area contributed by atoms with E-state index in [-0.39, 0.29) is 0 Å². The van der Waals surface area contributed by atoms with E-state index in [2.05, 4.69) is 15.5 Å². The number of thiocarbonyl (C=S) groups is 1. The normalized spacial score (nSPS) is 21.1. The molecule has 0 spiro atoms. The first kappa shape index (κ1) is 13.0. The van der Waals surface area contributed by atoms with E-state index >= 15 is 0 Å². The molecule has 1 aliphatic heterocycles. The van der Waals surface area contributed by atoms with Crippen LogP contribution in [-0.4, -0.2) is 42.4 Å². The number of hydrogen-bond acceptors (Lipinski definition) is 5. The highest BCUT2D eigenvalue weighted by molar-refractivity contribution is 7.80. The van der Waals surface area contributed by atoms with Crippen LogP contribution in [0, 0.1) is 0 Å². The fourth-order valence-corrected chi connectivity index (χ4v) is 2.01. The van der Waals surface area contributed by atoms with Gasteiger partial charge in [-0.1, -0.05) is 12.2 Å². The molecule has 88 valence electrons. The zero-order valence-electron chi connectivity index (χ0n) is 9.00. The lowest BCUT2D eigenvalue weighted by Gasteiger charge is -2.10. The van der Waals surface area contributed by atoms with Gasteiger partial charge in [-0.05, 0) is 38.8 Å². The first-order valence-electron chi connectivity index (χ1n) is 5.58. The molecule has 0 aliphatic carbocycles. The smallest absolute Gasteiger partial charge is 0.0820 e. The molecule has 1 heterocycles. The van der Waals surface area contributed by atoms with Crippen LogP contribution in [0.15, 0.2) is 0 Å². The molecule has 5 heteroatoms. The maximum atomic E-state index is 8.10. The molecule has 1 rings (SSSR count). The monoisotopic (exact) mass is 232 g/mol. The molecule has 1 saturated heterocycles. The molecule has 0 aromatic heterocycles. The molecule has 0 saturated carbocycles. The first-order valence-corrected chi connectivity index (χ1v) is 5.98. The highest BCUT2D eigenvalue weighted by atomic mass is 32.1. The Morgan fingerprint density at radius 3 is 3.00 bits per heavy atom. The maximum Gasteiger partial charge on any atom is 0.0820 e. The van der Waals surface area contributed by atoms with Crippen molar-refractivity contribution in [2.24, 2.45) is 0 Å². The lowest BCUT2D eigenvalue weighted by atomic mass is 10.1. The summed E-state index contributed by atoms with van der Waals surface area (Å²) in [7, 11) is 0. The summed E-state index contributed by atoms with van der Waals surface area (Å²) in [4.78, 5) is 5.16. The second-order valence-corrected chi connectivity index (χ2v) is 4.33. The lowest BCUT2D eigenvalue weighted by Crippen LogP contribution is -2.31. The Balaban J connectivity index is 1.86. The molecule has 3 N–H and O–H groups in total. The van der Waals surface area contributed by atoms with Crippen molar-refractivity contribution in [1.29, 1.82) is 0 Å². The van der Waals surface area contributed by atoms with Crippen LogP contribution in [0.25, 0.3) is 0 Å². The summed E-state index contributed by atoms with van der Waals surface area (Å²) in [5.74, 6) is 0. The summed E-state index contributed by atoms with van der Waals surface area (Å²) in [6, 6.07) is 0.438. The van der Waals surface area contributed by atoms with Gasteiger partial charge in [0.1, 0.15) is 0 Å². The summed E-state index contributed by atoms with van der Waals surface area (Å²) < 4.78 is 0. The second-order valence-electron chi connectivity index (χ2n) is 3.80. The minimum atomic E-state index is 0.427. The van der Waals surface area contributed by atoms with Gasteiger partial charge in [0, 0.05) is 17.5 Å². The SMILES string of the molecule is OOCCCCNCCC1NCCC1=S. The van der Waals surface area contributed by atoms with Crippen LogP contribution in [0.5, 0.6) is 0 Å². The van der Waals surface area contributed by atoms with Gasteiger partial charge in [-0.25, -0.2) is 4.89 Å². The van der Waals surface area contributed by atoms with E-state index in [0.717, 1.165) is 45.3 Å². The van der Waals surface area contributed by atoms with Crippen LogP contribution in [0.4, 0.5) is 0 Å². The summed E-state index contributed by atoms with van der Waals surface area (Å²) in [5, 5.41) is 14.8. The Kier molecular flexibility index (Phi) is 7.04. The highest BCUT2D eigenvalue weighted by Gasteiger charge is 2.18. The Labute approximate surface area is 96.3 Å². The van der Waals surface area contributed by atoms with Crippen LogP contribution in [0.2, 0.25) is 0 Å². The summed E-state index contributed by atoms with van der Waals surface area (Å²) >= 11 is 5.24. The van der Waals surface area contributed by atoms with Crippen molar-refractivity contribution in [1.82, 2.24) is 10.6 Å². The average Bonchev–Trinajstić information content (AvgIpc) is 2.63. The minimum Gasteiger partial charge on any atom is -0.317 e. The van der Waals surface area contributed by atoms with E-state index < -0.39 is 0 Å². The van der Waals surface area contributed by atoms with Gasteiger partial charge in [0.2, 0.25) is 0 Å². The molecule has 1 atom stereocenters. The number of hydrogen-bond donors (Lipinski definition) is 3. The first-order chi connectivity index (χ1) is 7.34. The van der Waals surface area contributed by atoms with E-state index in [1.54, 1.807) is 0 Å². The molecular weight excluding hydrogens is 212 g/mol. The Morgan fingerprint density at radius 2 is 2.33 bits per heavy atom. The maximum absolute atomic E-state index is 8.10. The highest BCUT2D eigenvalue weighted by Crippen LogP contribution is 2.05. The molecule has 1 aliphatic rings. The van der Waals surface area contributed by atoms with Crippen LogP contribution < -0.4 is 10.6 Å². The van der Waals surface area contributed by atoms with Gasteiger partial charge < -0.3 is 10.6 Å². The topological polar surface area (TPSA) is 53.5 Å². The quantitative estimate of drug-likeness (QED) is 0.252. The van der Waals surface area contributed by atoms with Gasteiger partial charge in [0.15, 0.2) is 0 Å². The van der Waals surface area contributed by atoms with Crippen molar-refractivity contribution in [2.75, 3.05) is 26.2 Å². The van der Waals surface area contributed by atoms with Gasteiger partial charge in [-0.2, -0.15) is 0 Å². The zero-order chi connectivity index (χ0) is 10.9. The van der Waals surface area contributed by atoms with Crippen molar-refractivity contribution >= 4 is 17.1 Å². The van der Waals surface area contributed by atoms with Gasteiger partial charge in [0.05, 0.1) is 6.61 Å². The molecule has 1 fully saturated rings. The summed E-state index contributed by atoms with van der Waals surface area (Å²) in [6.07, 6.45) is 4.05. The molecule has 4 nitrogen and oxygen atoms in total. The van der Waals surface area contributed by atoms with Crippen LogP contribution in [-0.2, 0) is 4.89 Å². The fourth-order valence-electron chi connectivity index (χ4n) is 1.71. The van der Waals surface area contributed by atoms with Crippen LogP contribution >= 0.6 is 12.2 Å². The number of rotatable bonds is 8. The summed E-state index contributed by atoms with van der Waals surface area (Å²) in [6.45, 7) is 3.44. The Morgan fingerprint density at radius 1 is 1.47 bits per heavy atom. The second kappa shape index (κ2) is 8.13. The van der Waals surface area contributed by atoms with Crippen molar-refractivity contribution in [3.05, 3.63) is 0 Å². The van der Waals surface area contributed by atoms with Gasteiger partial charge in [0.25, 0.3) is 0 Å². The van der Waals surface area contributed by atoms with E-state index in [0.29, 0.717) is 12.6 Å². The third-order valence-corrected chi connectivity index (χ3v) is 3.09. The third-order valence-electron chi connectivity index (χ3n) is 2.60. The predicted octanol–water partition coefficient (Wildman–Crippen LogP) is 0.968. The third kappa shape index (κ3) is 5.53. The summed E-state index contributed by atoms with van der Waals surface area (Å²) in [5.41, 5.74) is 0. The molecule has 15 heavy (non-hydrogen) atoms. The van der Waals surface area contributed by atoms with Gasteiger partial charge in [-0.15, -0.1) is 0 Å².